The Hall–Kier alpha value is -2.08. The van der Waals surface area contributed by atoms with E-state index in [0.717, 1.165) is 11.3 Å². The molecule has 19 heavy (non-hydrogen) atoms. The quantitative estimate of drug-likeness (QED) is 0.807. The fourth-order valence-electron chi connectivity index (χ4n) is 1.81. The smallest absolute Gasteiger partial charge is 0.287 e. The maximum atomic E-state index is 11.8. The van der Waals surface area contributed by atoms with Crippen LogP contribution in [0.5, 0.6) is 0 Å². The van der Waals surface area contributed by atoms with Gasteiger partial charge in [0, 0.05) is 6.20 Å². The van der Waals surface area contributed by atoms with Crippen molar-refractivity contribution in [1.29, 1.82) is 0 Å². The highest BCUT2D eigenvalue weighted by molar-refractivity contribution is 9.10. The normalized spacial score (nSPS) is 10.8. The minimum absolute atomic E-state index is 0.265. The number of furan rings is 1. The van der Waals surface area contributed by atoms with E-state index in [0.29, 0.717) is 11.2 Å². The number of fused-ring (bicyclic) bond motifs is 1. The molecule has 1 amide bonds. The molecule has 1 N–H and O–H groups in total. The summed E-state index contributed by atoms with van der Waals surface area (Å²) < 4.78 is 7.64. The van der Waals surface area contributed by atoms with E-state index < -0.39 is 0 Å². The third-order valence-electron chi connectivity index (χ3n) is 2.72. The third kappa shape index (κ3) is 2.39. The first-order valence-electron chi connectivity index (χ1n) is 5.68. The Morgan fingerprint density at radius 2 is 2.26 bits per heavy atom. The first kappa shape index (κ1) is 12.0. The Balaban J connectivity index is 1.74. The molecule has 3 rings (SSSR count). The lowest BCUT2D eigenvalue weighted by molar-refractivity contribution is 0.0921. The molecule has 5 nitrogen and oxygen atoms in total. The Kier molecular flexibility index (Phi) is 3.08. The van der Waals surface area contributed by atoms with Crippen LogP contribution in [-0.2, 0) is 6.54 Å². The van der Waals surface area contributed by atoms with E-state index >= 15 is 0 Å². The molecule has 0 radical (unpaired) electrons. The molecular formula is C13H10BrN3O2. The summed E-state index contributed by atoms with van der Waals surface area (Å²) in [5.41, 5.74) is 0.993. The number of pyridine rings is 1. The van der Waals surface area contributed by atoms with Gasteiger partial charge >= 0.3 is 0 Å². The number of aromatic nitrogens is 2. The van der Waals surface area contributed by atoms with Crippen molar-refractivity contribution in [3.8, 4) is 0 Å². The summed E-state index contributed by atoms with van der Waals surface area (Å²) in [6, 6.07) is 9.12. The Morgan fingerprint density at radius 1 is 1.37 bits per heavy atom. The molecule has 3 aromatic rings. The lowest BCUT2D eigenvalue weighted by Crippen LogP contribution is -2.23. The van der Waals surface area contributed by atoms with Gasteiger partial charge in [-0.2, -0.15) is 0 Å². The van der Waals surface area contributed by atoms with Crippen LogP contribution in [-0.4, -0.2) is 15.3 Å². The number of hydrogen-bond donors (Lipinski definition) is 1. The van der Waals surface area contributed by atoms with Crippen LogP contribution in [0.15, 0.2) is 51.8 Å². The van der Waals surface area contributed by atoms with Crippen molar-refractivity contribution < 1.29 is 9.21 Å². The average molecular weight is 320 g/mol. The summed E-state index contributed by atoms with van der Waals surface area (Å²) >= 11 is 3.16. The van der Waals surface area contributed by atoms with E-state index in [1.165, 1.54) is 0 Å². The molecule has 0 aliphatic carbocycles. The number of carbonyl (C=O) groups excluding carboxylic acids is 1. The number of amides is 1. The highest BCUT2D eigenvalue weighted by atomic mass is 79.9. The van der Waals surface area contributed by atoms with Crippen molar-refractivity contribution in [2.75, 3.05) is 0 Å². The van der Waals surface area contributed by atoms with Crippen LogP contribution in [0.3, 0.4) is 0 Å². The van der Waals surface area contributed by atoms with Gasteiger partial charge in [-0.1, -0.05) is 6.07 Å². The van der Waals surface area contributed by atoms with Gasteiger partial charge in [0.25, 0.3) is 5.91 Å². The summed E-state index contributed by atoms with van der Waals surface area (Å²) in [4.78, 5) is 16.1. The van der Waals surface area contributed by atoms with E-state index in [2.05, 4.69) is 26.2 Å². The predicted octanol–water partition coefficient (Wildman–Crippen LogP) is 2.62. The number of nitrogens with one attached hydrogen (secondary N) is 1. The van der Waals surface area contributed by atoms with Crippen molar-refractivity contribution >= 4 is 27.4 Å². The lowest BCUT2D eigenvalue weighted by atomic mass is 10.4. The largest absolute Gasteiger partial charge is 0.444 e. The van der Waals surface area contributed by atoms with E-state index in [-0.39, 0.29) is 11.7 Å². The van der Waals surface area contributed by atoms with Crippen molar-refractivity contribution in [3.05, 3.63) is 59.0 Å². The molecule has 0 aromatic carbocycles. The van der Waals surface area contributed by atoms with Crippen molar-refractivity contribution in [3.63, 3.8) is 0 Å². The van der Waals surface area contributed by atoms with Gasteiger partial charge in [-0.15, -0.1) is 0 Å². The van der Waals surface area contributed by atoms with Crippen LogP contribution in [0.1, 0.15) is 16.4 Å². The Bertz CT molecular complexity index is 732. The fraction of sp³-hybridized carbons (Fsp3) is 0.0769. The molecule has 0 bridgehead atoms. The second-order valence-corrected chi connectivity index (χ2v) is 4.74. The maximum absolute atomic E-state index is 11.8. The standard InChI is InChI=1S/C13H10BrN3O2/c14-11-5-4-10(19-11)13(18)16-8-12-15-7-9-3-1-2-6-17(9)12/h1-7H,8H2,(H,16,18). The molecule has 3 heterocycles. The zero-order valence-electron chi connectivity index (χ0n) is 9.84. The molecule has 0 spiro atoms. The zero-order valence-corrected chi connectivity index (χ0v) is 11.4. The van der Waals surface area contributed by atoms with Crippen LogP contribution in [0.2, 0.25) is 0 Å². The van der Waals surface area contributed by atoms with Gasteiger partial charge in [0.15, 0.2) is 10.4 Å². The molecular weight excluding hydrogens is 310 g/mol. The fourth-order valence-corrected chi connectivity index (χ4v) is 2.12. The minimum atomic E-state index is -0.265. The van der Waals surface area contributed by atoms with Gasteiger partial charge in [0.05, 0.1) is 18.3 Å². The number of halogens is 1. The van der Waals surface area contributed by atoms with Crippen LogP contribution in [0.4, 0.5) is 0 Å². The van der Waals surface area contributed by atoms with Crippen molar-refractivity contribution in [2.24, 2.45) is 0 Å². The SMILES string of the molecule is O=C(NCc1ncc2ccccn12)c1ccc(Br)o1. The zero-order chi connectivity index (χ0) is 13.2. The number of carbonyl (C=O) groups is 1. The van der Waals surface area contributed by atoms with Gasteiger partial charge in [-0.25, -0.2) is 4.98 Å². The minimum Gasteiger partial charge on any atom is -0.444 e. The van der Waals surface area contributed by atoms with Gasteiger partial charge in [-0.3, -0.25) is 4.79 Å². The van der Waals surface area contributed by atoms with Crippen LogP contribution >= 0.6 is 15.9 Å². The molecule has 3 aromatic heterocycles. The number of rotatable bonds is 3. The average Bonchev–Trinajstić information content (AvgIpc) is 3.02. The first-order valence-corrected chi connectivity index (χ1v) is 6.48. The Labute approximate surface area is 117 Å². The Morgan fingerprint density at radius 3 is 3.05 bits per heavy atom. The summed E-state index contributed by atoms with van der Waals surface area (Å²) in [7, 11) is 0. The van der Waals surface area contributed by atoms with E-state index in [1.807, 2.05) is 28.8 Å². The van der Waals surface area contributed by atoms with E-state index in [1.54, 1.807) is 18.3 Å². The molecule has 0 fully saturated rings. The second kappa shape index (κ2) is 4.89. The molecule has 0 aliphatic rings. The summed E-state index contributed by atoms with van der Waals surface area (Å²) in [5, 5.41) is 2.77. The summed E-state index contributed by atoms with van der Waals surface area (Å²) in [5.74, 6) is 0.778. The van der Waals surface area contributed by atoms with Crippen LogP contribution < -0.4 is 5.32 Å². The number of hydrogen-bond acceptors (Lipinski definition) is 3. The third-order valence-corrected chi connectivity index (χ3v) is 3.15. The monoisotopic (exact) mass is 319 g/mol. The number of imidazole rings is 1. The summed E-state index contributed by atoms with van der Waals surface area (Å²) in [6.45, 7) is 0.343. The second-order valence-electron chi connectivity index (χ2n) is 3.96. The van der Waals surface area contributed by atoms with Gasteiger partial charge in [-0.05, 0) is 40.2 Å². The topological polar surface area (TPSA) is 59.5 Å². The van der Waals surface area contributed by atoms with E-state index in [9.17, 15) is 4.79 Å². The molecule has 0 saturated carbocycles. The van der Waals surface area contributed by atoms with Crippen molar-refractivity contribution in [1.82, 2.24) is 14.7 Å². The van der Waals surface area contributed by atoms with Crippen LogP contribution in [0, 0.1) is 0 Å². The molecule has 0 aliphatic heterocycles. The maximum Gasteiger partial charge on any atom is 0.287 e. The predicted molar refractivity (Wildman–Crippen MR) is 72.8 cm³/mol. The molecule has 6 heteroatoms. The van der Waals surface area contributed by atoms with Gasteiger partial charge < -0.3 is 14.1 Å². The van der Waals surface area contributed by atoms with Crippen molar-refractivity contribution in [2.45, 2.75) is 6.54 Å². The molecule has 96 valence electrons. The lowest BCUT2D eigenvalue weighted by Gasteiger charge is -2.02. The number of nitrogens with zero attached hydrogens (tertiary/aromatic N) is 2. The summed E-state index contributed by atoms with van der Waals surface area (Å²) in [6.07, 6.45) is 3.68. The van der Waals surface area contributed by atoms with Crippen LogP contribution in [0.25, 0.3) is 5.52 Å². The first-order chi connectivity index (χ1) is 9.24. The van der Waals surface area contributed by atoms with Gasteiger partial charge in [0.1, 0.15) is 5.82 Å². The molecule has 0 atom stereocenters. The molecule has 0 saturated heterocycles. The molecule has 0 unspecified atom stereocenters. The highest BCUT2D eigenvalue weighted by Crippen LogP contribution is 2.14. The van der Waals surface area contributed by atoms with Gasteiger partial charge in [0.2, 0.25) is 0 Å². The highest BCUT2D eigenvalue weighted by Gasteiger charge is 2.11. The van der Waals surface area contributed by atoms with E-state index in [4.69, 9.17) is 4.42 Å².